The number of thiol groups is 1. The minimum atomic E-state index is 0.400. The van der Waals surface area contributed by atoms with Crippen LogP contribution in [0.1, 0.15) is 39.5 Å². The Morgan fingerprint density at radius 3 is 2.40 bits per heavy atom. The summed E-state index contributed by atoms with van der Waals surface area (Å²) in [7, 11) is 0. The molecule has 0 aromatic rings. The highest BCUT2D eigenvalue weighted by molar-refractivity contribution is 7.80. The quantitative estimate of drug-likeness (QED) is 0.673. The molecule has 1 aliphatic carbocycles. The van der Waals surface area contributed by atoms with Gasteiger partial charge in [0.15, 0.2) is 0 Å². The third-order valence-corrected chi connectivity index (χ3v) is 4.85. The van der Waals surface area contributed by atoms with Crippen molar-refractivity contribution >= 4 is 12.6 Å². The number of nitrogens with two attached hydrogens (primary N) is 1. The van der Waals surface area contributed by atoms with Crippen LogP contribution < -0.4 is 5.73 Å². The zero-order chi connectivity index (χ0) is 11.1. The van der Waals surface area contributed by atoms with Crippen LogP contribution in [0, 0.1) is 11.3 Å². The van der Waals surface area contributed by atoms with Gasteiger partial charge in [0.2, 0.25) is 0 Å². The van der Waals surface area contributed by atoms with Gasteiger partial charge in [-0.1, -0.05) is 6.92 Å². The number of hydrogen-bond donors (Lipinski definition) is 2. The third kappa shape index (κ3) is 2.20. The Morgan fingerprint density at radius 1 is 1.40 bits per heavy atom. The number of piperidine rings is 1. The minimum absolute atomic E-state index is 0.400. The highest BCUT2D eigenvalue weighted by Crippen LogP contribution is 2.48. The van der Waals surface area contributed by atoms with E-state index in [-0.39, 0.29) is 0 Å². The second-order valence-corrected chi connectivity index (χ2v) is 6.43. The maximum atomic E-state index is 6.32. The first-order chi connectivity index (χ1) is 7.03. The first-order valence-corrected chi connectivity index (χ1v) is 6.73. The normalized spacial score (nSPS) is 38.4. The Bertz CT molecular complexity index is 222. The summed E-state index contributed by atoms with van der Waals surface area (Å²) in [4.78, 5) is 2.46. The molecule has 2 aliphatic rings. The molecule has 2 unspecified atom stereocenters. The highest BCUT2D eigenvalue weighted by Gasteiger charge is 2.45. The lowest BCUT2D eigenvalue weighted by Crippen LogP contribution is -2.48. The first kappa shape index (κ1) is 11.7. The van der Waals surface area contributed by atoms with Crippen molar-refractivity contribution in [3.8, 4) is 0 Å². The molecule has 1 saturated heterocycles. The number of likely N-dealkylation sites (tertiary alicyclic amines) is 1. The zero-order valence-electron chi connectivity index (χ0n) is 9.95. The summed E-state index contributed by atoms with van der Waals surface area (Å²) >= 11 is 4.51. The van der Waals surface area contributed by atoms with E-state index < -0.39 is 0 Å². The van der Waals surface area contributed by atoms with Crippen LogP contribution >= 0.6 is 12.6 Å². The van der Waals surface area contributed by atoms with Gasteiger partial charge in [0, 0.05) is 11.4 Å². The van der Waals surface area contributed by atoms with Gasteiger partial charge in [-0.15, -0.1) is 0 Å². The van der Waals surface area contributed by atoms with E-state index in [4.69, 9.17) is 5.73 Å². The molecular weight excluding hydrogens is 204 g/mol. The summed E-state index contributed by atoms with van der Waals surface area (Å²) in [5, 5.41) is 0.400. The van der Waals surface area contributed by atoms with Gasteiger partial charge in [0.05, 0.1) is 0 Å². The Kier molecular flexibility index (Phi) is 3.34. The molecule has 2 N–H and O–H groups in total. The molecule has 15 heavy (non-hydrogen) atoms. The van der Waals surface area contributed by atoms with Crippen LogP contribution in [-0.2, 0) is 0 Å². The van der Waals surface area contributed by atoms with E-state index in [1.165, 1.54) is 38.8 Å². The van der Waals surface area contributed by atoms with Gasteiger partial charge >= 0.3 is 0 Å². The van der Waals surface area contributed by atoms with Crippen LogP contribution in [0.3, 0.4) is 0 Å². The summed E-state index contributed by atoms with van der Waals surface area (Å²) < 4.78 is 0. The van der Waals surface area contributed by atoms with Gasteiger partial charge < -0.3 is 5.73 Å². The first-order valence-electron chi connectivity index (χ1n) is 6.21. The van der Waals surface area contributed by atoms with Crippen LogP contribution in [0.4, 0.5) is 0 Å². The van der Waals surface area contributed by atoms with E-state index >= 15 is 0 Å². The molecule has 0 aromatic heterocycles. The Labute approximate surface area is 99.0 Å². The molecule has 1 spiro atoms. The Balaban J connectivity index is 1.97. The molecule has 1 saturated carbocycles. The predicted octanol–water partition coefficient (Wildman–Crippen LogP) is 2.10. The standard InChI is InChI=1S/C12H24N2S/c1-9-7-11(13)12(8-9)3-5-14(6-4-12)10(2)15/h9-11,15H,3-8,13H2,1-2H3/t9?,10?,11-/m1/s1. The van der Waals surface area contributed by atoms with Crippen molar-refractivity contribution in [3.05, 3.63) is 0 Å². The summed E-state index contributed by atoms with van der Waals surface area (Å²) in [5.41, 5.74) is 6.79. The number of nitrogens with zero attached hydrogens (tertiary/aromatic N) is 1. The number of rotatable bonds is 1. The van der Waals surface area contributed by atoms with Crippen molar-refractivity contribution in [3.63, 3.8) is 0 Å². The molecule has 0 radical (unpaired) electrons. The second kappa shape index (κ2) is 4.27. The summed E-state index contributed by atoms with van der Waals surface area (Å²) in [6, 6.07) is 0.449. The van der Waals surface area contributed by atoms with Crippen molar-refractivity contribution in [2.45, 2.75) is 50.9 Å². The topological polar surface area (TPSA) is 29.3 Å². The third-order valence-electron chi connectivity index (χ3n) is 4.52. The minimum Gasteiger partial charge on any atom is -0.327 e. The fourth-order valence-corrected chi connectivity index (χ4v) is 3.76. The lowest BCUT2D eigenvalue weighted by molar-refractivity contribution is 0.0897. The van der Waals surface area contributed by atoms with Crippen molar-refractivity contribution in [2.24, 2.45) is 17.1 Å². The van der Waals surface area contributed by atoms with Crippen LogP contribution in [0.5, 0.6) is 0 Å². The molecule has 0 amide bonds. The average Bonchev–Trinajstić information content (AvgIpc) is 2.42. The molecule has 3 heteroatoms. The fraction of sp³-hybridized carbons (Fsp3) is 1.00. The fourth-order valence-electron chi connectivity index (χ4n) is 3.53. The van der Waals surface area contributed by atoms with Gasteiger partial charge in [-0.2, -0.15) is 12.6 Å². The van der Waals surface area contributed by atoms with E-state index in [0.717, 1.165) is 5.92 Å². The van der Waals surface area contributed by atoms with Crippen molar-refractivity contribution in [1.29, 1.82) is 0 Å². The monoisotopic (exact) mass is 228 g/mol. The zero-order valence-corrected chi connectivity index (χ0v) is 10.8. The molecule has 2 fully saturated rings. The molecule has 2 nitrogen and oxygen atoms in total. The molecule has 1 heterocycles. The van der Waals surface area contributed by atoms with Crippen LogP contribution in [0.2, 0.25) is 0 Å². The summed E-state index contributed by atoms with van der Waals surface area (Å²) in [6.07, 6.45) is 5.15. The molecule has 1 aliphatic heterocycles. The van der Waals surface area contributed by atoms with Gasteiger partial charge in [-0.25, -0.2) is 0 Å². The van der Waals surface area contributed by atoms with Crippen LogP contribution in [0.25, 0.3) is 0 Å². The van der Waals surface area contributed by atoms with E-state index in [1.54, 1.807) is 0 Å². The summed E-state index contributed by atoms with van der Waals surface area (Å²) in [6.45, 7) is 6.89. The van der Waals surface area contributed by atoms with Crippen LogP contribution in [-0.4, -0.2) is 29.4 Å². The van der Waals surface area contributed by atoms with E-state index in [9.17, 15) is 0 Å². The maximum Gasteiger partial charge on any atom is 0.0499 e. The van der Waals surface area contributed by atoms with E-state index in [2.05, 4.69) is 31.4 Å². The van der Waals surface area contributed by atoms with Gasteiger partial charge in [0.25, 0.3) is 0 Å². The lowest BCUT2D eigenvalue weighted by Gasteiger charge is -2.43. The maximum absolute atomic E-state index is 6.32. The number of hydrogen-bond acceptors (Lipinski definition) is 3. The Morgan fingerprint density at radius 2 is 2.00 bits per heavy atom. The van der Waals surface area contributed by atoms with Crippen molar-refractivity contribution in [1.82, 2.24) is 4.90 Å². The van der Waals surface area contributed by atoms with Crippen molar-refractivity contribution < 1.29 is 0 Å². The molecule has 88 valence electrons. The predicted molar refractivity (Wildman–Crippen MR) is 68.1 cm³/mol. The highest BCUT2D eigenvalue weighted by atomic mass is 32.1. The molecule has 2 rings (SSSR count). The smallest absolute Gasteiger partial charge is 0.0499 e. The van der Waals surface area contributed by atoms with E-state index in [1.807, 2.05) is 0 Å². The Hall–Kier alpha value is 0.270. The van der Waals surface area contributed by atoms with E-state index in [0.29, 0.717) is 16.8 Å². The van der Waals surface area contributed by atoms with Gasteiger partial charge in [-0.05, 0) is 57.0 Å². The largest absolute Gasteiger partial charge is 0.327 e. The molecule has 0 aromatic carbocycles. The lowest BCUT2D eigenvalue weighted by atomic mass is 9.74. The van der Waals surface area contributed by atoms with Crippen LogP contribution in [0.15, 0.2) is 0 Å². The average molecular weight is 228 g/mol. The van der Waals surface area contributed by atoms with Gasteiger partial charge in [-0.3, -0.25) is 4.90 Å². The molecular formula is C12H24N2S. The van der Waals surface area contributed by atoms with Crippen molar-refractivity contribution in [2.75, 3.05) is 13.1 Å². The SMILES string of the molecule is CC1C[C@@H](N)C2(CCN(C(C)S)CC2)C1. The van der Waals surface area contributed by atoms with Gasteiger partial charge in [0.1, 0.15) is 0 Å². The second-order valence-electron chi connectivity index (χ2n) is 5.68. The molecule has 3 atom stereocenters. The summed E-state index contributed by atoms with van der Waals surface area (Å²) in [5.74, 6) is 0.833. The molecule has 0 bridgehead atoms.